The normalized spacial score (nSPS) is 24.4. The van der Waals surface area contributed by atoms with Gasteiger partial charge in [0.1, 0.15) is 5.82 Å². The number of amides is 2. The van der Waals surface area contributed by atoms with Crippen LogP contribution in [0.3, 0.4) is 0 Å². The van der Waals surface area contributed by atoms with Crippen molar-refractivity contribution in [2.75, 3.05) is 37.6 Å². The van der Waals surface area contributed by atoms with Crippen LogP contribution in [0.5, 0.6) is 0 Å². The minimum absolute atomic E-state index is 0.126. The molecule has 3 fully saturated rings. The van der Waals surface area contributed by atoms with Crippen molar-refractivity contribution in [2.45, 2.75) is 38.3 Å². The number of nitrogens with zero attached hydrogens (tertiary/aromatic N) is 5. The smallest absolute Gasteiger partial charge is 0.410 e. The zero-order valence-electron chi connectivity index (χ0n) is 18.7. The molecule has 9 heteroatoms. The minimum Gasteiger partial charge on any atom is -0.439 e. The number of carbonyl (C=O) groups excluding carboxylic acids is 2. The zero-order chi connectivity index (χ0) is 23.1. The first-order valence-electron chi connectivity index (χ1n) is 11.4. The van der Waals surface area contributed by atoms with Crippen molar-refractivity contribution >= 4 is 17.9 Å². The molecule has 3 aliphatic rings. The van der Waals surface area contributed by atoms with Crippen LogP contribution >= 0.6 is 0 Å². The third kappa shape index (κ3) is 4.24. The molecular formula is C24H28FN5O3. The number of hydrogen-bond acceptors (Lipinski definition) is 6. The lowest BCUT2D eigenvalue weighted by Crippen LogP contribution is -2.49. The third-order valence-electron chi connectivity index (χ3n) is 7.15. The topological polar surface area (TPSA) is 78.9 Å². The Kier molecular flexibility index (Phi) is 5.42. The van der Waals surface area contributed by atoms with Crippen LogP contribution in [0.4, 0.5) is 15.1 Å². The van der Waals surface area contributed by atoms with Crippen LogP contribution in [0.25, 0.3) is 0 Å². The number of halogens is 1. The summed E-state index contributed by atoms with van der Waals surface area (Å²) in [6.07, 6.45) is 5.16. The van der Waals surface area contributed by atoms with Crippen LogP contribution in [-0.4, -0.2) is 70.1 Å². The van der Waals surface area contributed by atoms with Gasteiger partial charge in [-0.3, -0.25) is 9.69 Å². The molecule has 1 atom stereocenters. The highest BCUT2D eigenvalue weighted by Gasteiger charge is 2.52. The lowest BCUT2D eigenvalue weighted by molar-refractivity contribution is -0.142. The molecule has 1 spiro atoms. The van der Waals surface area contributed by atoms with E-state index in [1.165, 1.54) is 12.1 Å². The molecule has 33 heavy (non-hydrogen) atoms. The first-order valence-corrected chi connectivity index (χ1v) is 11.4. The highest BCUT2D eigenvalue weighted by Crippen LogP contribution is 2.39. The lowest BCUT2D eigenvalue weighted by Gasteiger charge is -2.40. The molecule has 4 heterocycles. The number of hydrogen-bond donors (Lipinski definition) is 0. The molecule has 1 aromatic carbocycles. The van der Waals surface area contributed by atoms with E-state index in [9.17, 15) is 14.0 Å². The van der Waals surface area contributed by atoms with Crippen molar-refractivity contribution < 1.29 is 18.7 Å². The van der Waals surface area contributed by atoms with Gasteiger partial charge in [-0.25, -0.2) is 19.2 Å². The van der Waals surface area contributed by atoms with Gasteiger partial charge in [0.2, 0.25) is 11.9 Å². The van der Waals surface area contributed by atoms with E-state index in [-0.39, 0.29) is 17.8 Å². The maximum absolute atomic E-state index is 13.5. The van der Waals surface area contributed by atoms with E-state index in [1.54, 1.807) is 35.5 Å². The Bertz CT molecular complexity index is 1030. The monoisotopic (exact) mass is 453 g/mol. The summed E-state index contributed by atoms with van der Waals surface area (Å²) in [5.74, 6) is 0.520. The van der Waals surface area contributed by atoms with Crippen LogP contribution in [0.1, 0.15) is 31.7 Å². The molecule has 0 aliphatic carbocycles. The lowest BCUT2D eigenvalue weighted by atomic mass is 9.79. The Morgan fingerprint density at radius 3 is 2.45 bits per heavy atom. The summed E-state index contributed by atoms with van der Waals surface area (Å²) in [6, 6.07) is 7.91. The molecule has 5 rings (SSSR count). The van der Waals surface area contributed by atoms with Crippen molar-refractivity contribution in [2.24, 2.45) is 5.41 Å². The summed E-state index contributed by atoms with van der Waals surface area (Å²) in [7, 11) is 0. The van der Waals surface area contributed by atoms with Gasteiger partial charge in [0, 0.05) is 50.4 Å². The predicted octanol–water partition coefficient (Wildman–Crippen LogP) is 2.85. The van der Waals surface area contributed by atoms with Crippen molar-refractivity contribution in [1.82, 2.24) is 19.8 Å². The average Bonchev–Trinajstić information content (AvgIpc) is 3.37. The Morgan fingerprint density at radius 2 is 1.76 bits per heavy atom. The maximum atomic E-state index is 13.5. The second-order valence-corrected chi connectivity index (χ2v) is 9.61. The quantitative estimate of drug-likeness (QED) is 0.709. The Labute approximate surface area is 192 Å². The number of aromatic nitrogens is 2. The average molecular weight is 454 g/mol. The fourth-order valence-corrected chi connectivity index (χ4v) is 5.11. The molecule has 0 saturated carbocycles. The molecule has 0 bridgehead atoms. The maximum Gasteiger partial charge on any atom is 0.410 e. The number of carbonyl (C=O) groups is 2. The fourth-order valence-electron chi connectivity index (χ4n) is 5.11. The first kappa shape index (κ1) is 21.6. The van der Waals surface area contributed by atoms with Gasteiger partial charge < -0.3 is 14.5 Å². The van der Waals surface area contributed by atoms with Crippen LogP contribution in [-0.2, 0) is 16.1 Å². The Hall–Kier alpha value is -3.23. The van der Waals surface area contributed by atoms with Crippen molar-refractivity contribution in [3.05, 3.63) is 54.1 Å². The van der Waals surface area contributed by atoms with Gasteiger partial charge in [0.25, 0.3) is 0 Å². The SMILES string of the molecule is CC1(C(=O)N2CCC3(CN(Cc4ccc(F)cc4)C(=O)O3)C2)CCN(c2ncccn2)CC1. The minimum atomic E-state index is -0.665. The number of anilines is 1. The fraction of sp³-hybridized carbons (Fsp3) is 0.500. The van der Waals surface area contributed by atoms with Gasteiger partial charge in [-0.15, -0.1) is 0 Å². The van der Waals surface area contributed by atoms with Gasteiger partial charge in [0.15, 0.2) is 5.60 Å². The second kappa shape index (κ2) is 8.28. The molecule has 1 unspecified atom stereocenters. The van der Waals surface area contributed by atoms with E-state index in [4.69, 9.17) is 4.74 Å². The molecule has 1 aromatic heterocycles. The van der Waals surface area contributed by atoms with Gasteiger partial charge >= 0.3 is 6.09 Å². The van der Waals surface area contributed by atoms with E-state index in [0.29, 0.717) is 38.5 Å². The van der Waals surface area contributed by atoms with E-state index in [0.717, 1.165) is 31.5 Å². The van der Waals surface area contributed by atoms with Crippen LogP contribution in [0.2, 0.25) is 0 Å². The molecule has 2 amide bonds. The molecule has 3 aliphatic heterocycles. The summed E-state index contributed by atoms with van der Waals surface area (Å²) in [4.78, 5) is 40.3. The summed E-state index contributed by atoms with van der Waals surface area (Å²) in [6.45, 7) is 5.28. The van der Waals surface area contributed by atoms with Crippen molar-refractivity contribution in [1.29, 1.82) is 0 Å². The highest BCUT2D eigenvalue weighted by atomic mass is 19.1. The summed E-state index contributed by atoms with van der Waals surface area (Å²) >= 11 is 0. The van der Waals surface area contributed by atoms with E-state index in [2.05, 4.69) is 14.9 Å². The number of rotatable bonds is 4. The van der Waals surface area contributed by atoms with Crippen molar-refractivity contribution in [3.8, 4) is 0 Å². The Morgan fingerprint density at radius 1 is 1.06 bits per heavy atom. The number of ether oxygens (including phenoxy) is 1. The highest BCUT2D eigenvalue weighted by molar-refractivity contribution is 5.83. The van der Waals surface area contributed by atoms with Crippen molar-refractivity contribution in [3.63, 3.8) is 0 Å². The molecular weight excluding hydrogens is 425 g/mol. The van der Waals surface area contributed by atoms with Gasteiger partial charge in [-0.1, -0.05) is 19.1 Å². The number of likely N-dealkylation sites (tertiary alicyclic amines) is 1. The number of benzene rings is 1. The molecule has 0 radical (unpaired) electrons. The summed E-state index contributed by atoms with van der Waals surface area (Å²) in [5.41, 5.74) is -0.271. The van der Waals surface area contributed by atoms with Gasteiger partial charge in [-0.05, 0) is 36.6 Å². The largest absolute Gasteiger partial charge is 0.439 e. The summed E-state index contributed by atoms with van der Waals surface area (Å²) < 4.78 is 19.0. The standard InChI is InChI=1S/C24H28FN5O3/c1-23(7-12-28(13-8-23)21-26-10-2-11-27-21)20(31)29-14-9-24(16-29)17-30(22(32)33-24)15-18-3-5-19(25)6-4-18/h2-6,10-11H,7-9,12-17H2,1H3. The summed E-state index contributed by atoms with van der Waals surface area (Å²) in [5, 5.41) is 0. The number of piperidine rings is 1. The second-order valence-electron chi connectivity index (χ2n) is 9.61. The van der Waals surface area contributed by atoms with E-state index < -0.39 is 11.0 Å². The zero-order valence-corrected chi connectivity index (χ0v) is 18.7. The van der Waals surface area contributed by atoms with Crippen LogP contribution in [0, 0.1) is 11.2 Å². The third-order valence-corrected chi connectivity index (χ3v) is 7.15. The predicted molar refractivity (Wildman–Crippen MR) is 119 cm³/mol. The van der Waals surface area contributed by atoms with Crippen LogP contribution in [0.15, 0.2) is 42.7 Å². The molecule has 2 aromatic rings. The molecule has 3 saturated heterocycles. The Balaban J connectivity index is 1.19. The van der Waals surface area contributed by atoms with E-state index in [1.807, 2.05) is 11.8 Å². The molecule has 174 valence electrons. The van der Waals surface area contributed by atoms with Crippen LogP contribution < -0.4 is 4.90 Å². The van der Waals surface area contributed by atoms with E-state index >= 15 is 0 Å². The molecule has 8 nitrogen and oxygen atoms in total. The van der Waals surface area contributed by atoms with Gasteiger partial charge in [0.05, 0.1) is 13.1 Å². The first-order chi connectivity index (χ1) is 15.9. The molecule has 0 N–H and O–H groups in total. The van der Waals surface area contributed by atoms with Gasteiger partial charge in [-0.2, -0.15) is 0 Å².